The van der Waals surface area contributed by atoms with Gasteiger partial charge in [0.15, 0.2) is 0 Å². The number of rotatable bonds is 4. The largest absolute Gasteiger partial charge is 0.408 e. The second-order valence-electron chi connectivity index (χ2n) is 4.86. The van der Waals surface area contributed by atoms with Crippen LogP contribution in [0.15, 0.2) is 41.6 Å². The van der Waals surface area contributed by atoms with Crippen molar-refractivity contribution in [3.63, 3.8) is 0 Å². The van der Waals surface area contributed by atoms with Crippen LogP contribution in [0.5, 0.6) is 0 Å². The summed E-state index contributed by atoms with van der Waals surface area (Å²) in [5.41, 5.74) is 0.532. The lowest BCUT2D eigenvalue weighted by Gasteiger charge is -2.20. The Kier molecular flexibility index (Phi) is 4.30. The monoisotopic (exact) mass is 333 g/mol. The molecule has 2 aromatic rings. The van der Waals surface area contributed by atoms with Crippen LogP contribution in [-0.2, 0) is 17.1 Å². The molecule has 9 heteroatoms. The van der Waals surface area contributed by atoms with Gasteiger partial charge in [-0.3, -0.25) is 4.68 Å². The molecular weight excluding hydrogens is 319 g/mol. The fourth-order valence-corrected chi connectivity index (χ4v) is 3.06. The SMILES string of the molecule is Cc1ccc(S(=O)(=O)NC(c2cnn(C)c2)C(F)(F)F)cc1. The molecule has 120 valence electrons. The summed E-state index contributed by atoms with van der Waals surface area (Å²) in [6.07, 6.45) is -2.67. The van der Waals surface area contributed by atoms with Crippen LogP contribution in [0, 0.1) is 6.92 Å². The molecule has 0 bridgehead atoms. The van der Waals surface area contributed by atoms with Crippen molar-refractivity contribution in [1.29, 1.82) is 0 Å². The topological polar surface area (TPSA) is 64.0 Å². The van der Waals surface area contributed by atoms with Crippen LogP contribution < -0.4 is 4.72 Å². The Labute approximate surface area is 125 Å². The number of hydrogen-bond acceptors (Lipinski definition) is 3. The van der Waals surface area contributed by atoms with Crippen molar-refractivity contribution in [2.75, 3.05) is 0 Å². The molecule has 22 heavy (non-hydrogen) atoms. The van der Waals surface area contributed by atoms with E-state index in [9.17, 15) is 21.6 Å². The first-order valence-electron chi connectivity index (χ1n) is 6.24. The highest BCUT2D eigenvalue weighted by Crippen LogP contribution is 2.33. The summed E-state index contributed by atoms with van der Waals surface area (Å²) in [7, 11) is -2.86. The Morgan fingerprint density at radius 3 is 2.27 bits per heavy atom. The normalized spacial score (nSPS) is 14.0. The Bertz CT molecular complexity index is 752. The van der Waals surface area contributed by atoms with E-state index in [-0.39, 0.29) is 10.5 Å². The molecule has 1 atom stereocenters. The quantitative estimate of drug-likeness (QED) is 0.934. The predicted octanol–water partition coefficient (Wildman–Crippen LogP) is 2.31. The van der Waals surface area contributed by atoms with Crippen molar-refractivity contribution in [1.82, 2.24) is 14.5 Å². The van der Waals surface area contributed by atoms with Gasteiger partial charge in [0.25, 0.3) is 0 Å². The molecule has 1 heterocycles. The van der Waals surface area contributed by atoms with E-state index in [1.54, 1.807) is 11.6 Å². The predicted molar refractivity (Wildman–Crippen MR) is 73.5 cm³/mol. The van der Waals surface area contributed by atoms with Crippen molar-refractivity contribution < 1.29 is 21.6 Å². The number of aromatic nitrogens is 2. The van der Waals surface area contributed by atoms with Crippen LogP contribution >= 0.6 is 0 Å². The van der Waals surface area contributed by atoms with E-state index in [1.807, 2.05) is 0 Å². The molecule has 0 aliphatic heterocycles. The summed E-state index contributed by atoms with van der Waals surface area (Å²) < 4.78 is 66.6. The number of sulfonamides is 1. The standard InChI is InChI=1S/C13H14F3N3O2S/c1-9-3-5-11(6-4-9)22(20,21)18-12(13(14,15)16)10-7-17-19(2)8-10/h3-8,12,18H,1-2H3. The average molecular weight is 333 g/mol. The van der Waals surface area contributed by atoms with E-state index in [0.717, 1.165) is 18.0 Å². The number of benzene rings is 1. The molecule has 0 radical (unpaired) electrons. The Morgan fingerprint density at radius 2 is 1.82 bits per heavy atom. The summed E-state index contributed by atoms with van der Waals surface area (Å²) in [4.78, 5) is -0.226. The van der Waals surface area contributed by atoms with Crippen molar-refractivity contribution >= 4 is 10.0 Å². The number of alkyl halides is 3. The molecule has 0 amide bonds. The molecule has 0 fully saturated rings. The summed E-state index contributed by atoms with van der Waals surface area (Å²) in [5.74, 6) is 0. The molecule has 0 aliphatic rings. The molecule has 1 unspecified atom stereocenters. The second kappa shape index (κ2) is 5.73. The third kappa shape index (κ3) is 3.66. The Balaban J connectivity index is 2.36. The highest BCUT2D eigenvalue weighted by Gasteiger charge is 2.44. The summed E-state index contributed by atoms with van der Waals surface area (Å²) in [5, 5.41) is 3.65. The summed E-state index contributed by atoms with van der Waals surface area (Å²) in [6.45, 7) is 1.75. The summed E-state index contributed by atoms with van der Waals surface area (Å²) >= 11 is 0. The van der Waals surface area contributed by atoms with Gasteiger partial charge in [0, 0.05) is 18.8 Å². The number of aryl methyl sites for hydroxylation is 2. The van der Waals surface area contributed by atoms with Gasteiger partial charge in [-0.25, -0.2) is 8.42 Å². The van der Waals surface area contributed by atoms with E-state index >= 15 is 0 Å². The van der Waals surface area contributed by atoms with Crippen LogP contribution in [0.25, 0.3) is 0 Å². The molecule has 0 spiro atoms. The second-order valence-corrected chi connectivity index (χ2v) is 6.57. The van der Waals surface area contributed by atoms with Crippen LogP contribution in [0.3, 0.4) is 0 Å². The minimum absolute atomic E-state index is 0.226. The highest BCUT2D eigenvalue weighted by molar-refractivity contribution is 7.89. The fraction of sp³-hybridized carbons (Fsp3) is 0.308. The van der Waals surface area contributed by atoms with E-state index in [1.165, 1.54) is 36.0 Å². The first kappa shape index (κ1) is 16.5. The zero-order valence-corrected chi connectivity index (χ0v) is 12.6. The van der Waals surface area contributed by atoms with Crippen molar-refractivity contribution in [2.24, 2.45) is 7.05 Å². The van der Waals surface area contributed by atoms with Crippen molar-refractivity contribution in [3.8, 4) is 0 Å². The number of hydrogen-bond donors (Lipinski definition) is 1. The van der Waals surface area contributed by atoms with Crippen LogP contribution in [-0.4, -0.2) is 24.4 Å². The van der Waals surface area contributed by atoms with Gasteiger partial charge in [-0.15, -0.1) is 0 Å². The van der Waals surface area contributed by atoms with Crippen LogP contribution in [0.2, 0.25) is 0 Å². The van der Waals surface area contributed by atoms with Crippen molar-refractivity contribution in [3.05, 3.63) is 47.8 Å². The minimum atomic E-state index is -4.78. The van der Waals surface area contributed by atoms with Gasteiger partial charge in [0.05, 0.1) is 11.1 Å². The molecule has 1 aromatic carbocycles. The highest BCUT2D eigenvalue weighted by atomic mass is 32.2. The molecule has 1 aromatic heterocycles. The fourth-order valence-electron chi connectivity index (χ4n) is 1.85. The first-order valence-corrected chi connectivity index (χ1v) is 7.72. The average Bonchev–Trinajstić information content (AvgIpc) is 2.81. The maximum absolute atomic E-state index is 13.2. The first-order chi connectivity index (χ1) is 10.1. The van der Waals surface area contributed by atoms with Gasteiger partial charge < -0.3 is 0 Å². The van der Waals surface area contributed by atoms with E-state index in [4.69, 9.17) is 0 Å². The number of nitrogens with zero attached hydrogens (tertiary/aromatic N) is 2. The van der Waals surface area contributed by atoms with Gasteiger partial charge in [-0.2, -0.15) is 23.0 Å². The molecule has 0 aliphatic carbocycles. The van der Waals surface area contributed by atoms with E-state index < -0.39 is 22.2 Å². The third-order valence-electron chi connectivity index (χ3n) is 2.99. The molecule has 5 nitrogen and oxygen atoms in total. The van der Waals surface area contributed by atoms with E-state index in [2.05, 4.69) is 5.10 Å². The van der Waals surface area contributed by atoms with Gasteiger partial charge in [-0.05, 0) is 19.1 Å². The van der Waals surface area contributed by atoms with Gasteiger partial charge in [-0.1, -0.05) is 17.7 Å². The number of halogens is 3. The molecular formula is C13H14F3N3O2S. The lowest BCUT2D eigenvalue weighted by Crippen LogP contribution is -2.37. The van der Waals surface area contributed by atoms with Gasteiger partial charge in [0.1, 0.15) is 6.04 Å². The smallest absolute Gasteiger partial charge is 0.275 e. The van der Waals surface area contributed by atoms with Crippen molar-refractivity contribution in [2.45, 2.75) is 24.0 Å². The Morgan fingerprint density at radius 1 is 1.23 bits per heavy atom. The maximum atomic E-state index is 13.2. The molecule has 0 saturated heterocycles. The molecule has 0 saturated carbocycles. The third-order valence-corrected chi connectivity index (χ3v) is 4.43. The minimum Gasteiger partial charge on any atom is -0.275 e. The van der Waals surface area contributed by atoms with Gasteiger partial charge in [0.2, 0.25) is 10.0 Å². The zero-order chi connectivity index (χ0) is 16.5. The Hall–Kier alpha value is -1.87. The van der Waals surface area contributed by atoms with E-state index in [0.29, 0.717) is 0 Å². The lowest BCUT2D eigenvalue weighted by atomic mass is 10.2. The maximum Gasteiger partial charge on any atom is 0.408 e. The number of nitrogens with one attached hydrogen (secondary N) is 1. The van der Waals surface area contributed by atoms with Crippen LogP contribution in [0.1, 0.15) is 17.2 Å². The lowest BCUT2D eigenvalue weighted by molar-refractivity contribution is -0.153. The summed E-state index contributed by atoms with van der Waals surface area (Å²) in [6, 6.07) is 3.19. The van der Waals surface area contributed by atoms with Crippen LogP contribution in [0.4, 0.5) is 13.2 Å². The zero-order valence-electron chi connectivity index (χ0n) is 11.8. The molecule has 1 N–H and O–H groups in total. The van der Waals surface area contributed by atoms with Gasteiger partial charge >= 0.3 is 6.18 Å². The molecule has 2 rings (SSSR count).